The molecule has 0 spiro atoms. The van der Waals surface area contributed by atoms with Crippen LogP contribution in [0.4, 0.5) is 0 Å². The maximum Gasteiger partial charge on any atom is 0.300 e. The van der Waals surface area contributed by atoms with Crippen molar-refractivity contribution in [2.24, 2.45) is 15.7 Å². The van der Waals surface area contributed by atoms with E-state index in [0.29, 0.717) is 25.0 Å². The SMILES string of the molecule is CC(=O)O.CC(=O)O.CCCC(N)CO.CCCC1COC(Cc2ccccc2CC2=NC(CCC)CO2)=N1.[C-]#[N+]Cc1ccccc1CC#N.[Zn]. The van der Waals surface area contributed by atoms with Gasteiger partial charge in [-0.2, -0.15) is 5.26 Å². The second kappa shape index (κ2) is 31.6. The van der Waals surface area contributed by atoms with Crippen molar-refractivity contribution >= 4 is 23.7 Å². The van der Waals surface area contributed by atoms with Crippen LogP contribution in [0.25, 0.3) is 4.85 Å². The molecular formula is C39H57N5O7Zn. The van der Waals surface area contributed by atoms with Crippen molar-refractivity contribution in [2.75, 3.05) is 19.8 Å². The molecule has 52 heavy (non-hydrogen) atoms. The number of ether oxygens (including phenoxy) is 2. The molecule has 2 aromatic rings. The first-order valence-corrected chi connectivity index (χ1v) is 17.4. The molecule has 0 fully saturated rings. The van der Waals surface area contributed by atoms with E-state index in [9.17, 15) is 0 Å². The Morgan fingerprint density at radius 2 is 1.27 bits per heavy atom. The Balaban J connectivity index is 0. The van der Waals surface area contributed by atoms with E-state index in [0.717, 1.165) is 101 Å². The number of hydrogen-bond acceptors (Lipinski definition) is 9. The number of aliphatic imine (C=N–C) groups is 2. The Bertz CT molecular complexity index is 1330. The predicted octanol–water partition coefficient (Wildman–Crippen LogP) is 6.42. The summed E-state index contributed by atoms with van der Waals surface area (Å²) in [6.45, 7) is 17.3. The Labute approximate surface area is 322 Å². The zero-order chi connectivity index (χ0) is 38.4. The van der Waals surface area contributed by atoms with Gasteiger partial charge in [0.1, 0.15) is 13.2 Å². The largest absolute Gasteiger partial charge is 0.481 e. The van der Waals surface area contributed by atoms with Gasteiger partial charge in [-0.3, -0.25) is 9.59 Å². The van der Waals surface area contributed by atoms with Crippen molar-refractivity contribution in [1.29, 1.82) is 5.26 Å². The van der Waals surface area contributed by atoms with Gasteiger partial charge in [-0.1, -0.05) is 88.6 Å². The number of rotatable bonds is 13. The van der Waals surface area contributed by atoms with E-state index in [1.165, 1.54) is 11.1 Å². The molecule has 0 radical (unpaired) electrons. The van der Waals surface area contributed by atoms with Gasteiger partial charge in [0.25, 0.3) is 11.9 Å². The number of aliphatic hydroxyl groups excluding tert-OH is 1. The quantitative estimate of drug-likeness (QED) is 0.131. The smallest absolute Gasteiger partial charge is 0.300 e. The van der Waals surface area contributed by atoms with Crippen LogP contribution < -0.4 is 5.73 Å². The number of carboxylic acids is 2. The number of nitrogens with zero attached hydrogens (tertiary/aromatic N) is 4. The molecule has 0 aliphatic carbocycles. The number of hydrogen-bond donors (Lipinski definition) is 4. The van der Waals surface area contributed by atoms with Gasteiger partial charge in [0.15, 0.2) is 11.8 Å². The molecule has 0 aromatic heterocycles. The Kier molecular flexibility index (Phi) is 30.3. The Morgan fingerprint density at radius 3 is 1.60 bits per heavy atom. The summed E-state index contributed by atoms with van der Waals surface area (Å²) in [4.78, 5) is 30.7. The van der Waals surface area contributed by atoms with Crippen LogP contribution in [0.5, 0.6) is 0 Å². The molecule has 3 unspecified atom stereocenters. The summed E-state index contributed by atoms with van der Waals surface area (Å²) in [5, 5.41) is 31.7. The van der Waals surface area contributed by atoms with Crippen molar-refractivity contribution in [3.63, 3.8) is 0 Å². The molecule has 5 N–H and O–H groups in total. The summed E-state index contributed by atoms with van der Waals surface area (Å²) >= 11 is 0. The first-order chi connectivity index (χ1) is 24.4. The minimum absolute atomic E-state index is 0. The number of carbonyl (C=O) groups is 2. The summed E-state index contributed by atoms with van der Waals surface area (Å²) in [7, 11) is 0. The number of aliphatic carboxylic acids is 2. The van der Waals surface area contributed by atoms with Crippen molar-refractivity contribution in [1.82, 2.24) is 0 Å². The van der Waals surface area contributed by atoms with Gasteiger partial charge in [0.2, 0.25) is 6.54 Å². The topological polar surface area (TPSA) is 192 Å². The maximum atomic E-state index is 9.00. The standard InChI is InChI=1S/C20H28N2O2.C10H8N2.C5H13NO.2C2H4O2.Zn/c1-3-7-17-13-23-19(21-17)11-15-9-5-6-10-16(15)12-20-22-18(8-4-2)14-24-20;1-12-8-10-5-3-2-4-9(10)6-7-11;1-2-3-5(6)4-7;2*1-2(3)4;/h5-6,9-10,17-18H,3-4,7-8,11-14H2,1-2H3;2-5H,6,8H2;5,7H,2-4,6H2,1H3;2*1H3,(H,3,4);. The molecule has 4 rings (SSSR count). The number of aliphatic hydroxyl groups is 1. The van der Waals surface area contributed by atoms with E-state index in [1.54, 1.807) is 0 Å². The second-order valence-electron chi connectivity index (χ2n) is 11.9. The van der Waals surface area contributed by atoms with Crippen LogP contribution in [0.15, 0.2) is 58.5 Å². The molecule has 2 aliphatic rings. The molecule has 0 saturated heterocycles. The van der Waals surface area contributed by atoms with Gasteiger partial charge in [-0.05, 0) is 36.0 Å². The minimum atomic E-state index is -0.833. The molecule has 282 valence electrons. The average Bonchev–Trinajstić information content (AvgIpc) is 3.72. The summed E-state index contributed by atoms with van der Waals surface area (Å²) in [5.41, 5.74) is 9.79. The normalized spacial score (nSPS) is 15.3. The maximum absolute atomic E-state index is 9.00. The monoisotopic (exact) mass is 771 g/mol. The third-order valence-electron chi connectivity index (χ3n) is 7.11. The van der Waals surface area contributed by atoms with E-state index < -0.39 is 11.9 Å². The summed E-state index contributed by atoms with van der Waals surface area (Å²) in [6, 6.07) is 18.8. The Hall–Kier alpha value is -4.16. The van der Waals surface area contributed by atoms with Gasteiger partial charge < -0.3 is 35.4 Å². The molecule has 12 nitrogen and oxygen atoms in total. The Morgan fingerprint density at radius 1 is 0.865 bits per heavy atom. The van der Waals surface area contributed by atoms with Crippen LogP contribution in [0.1, 0.15) is 95.4 Å². The van der Waals surface area contributed by atoms with Gasteiger partial charge in [0, 0.05) is 57.8 Å². The number of nitriles is 1. The van der Waals surface area contributed by atoms with Gasteiger partial charge in [0.05, 0.1) is 31.2 Å². The van der Waals surface area contributed by atoms with E-state index in [1.807, 2.05) is 24.3 Å². The van der Waals surface area contributed by atoms with Crippen molar-refractivity contribution < 1.29 is 53.9 Å². The number of nitrogens with two attached hydrogens (primary N) is 1. The van der Waals surface area contributed by atoms with E-state index in [-0.39, 0.29) is 32.1 Å². The molecule has 2 heterocycles. The second-order valence-corrected chi connectivity index (χ2v) is 11.9. The molecule has 0 amide bonds. The molecule has 13 heteroatoms. The van der Waals surface area contributed by atoms with Crippen molar-refractivity contribution in [2.45, 2.75) is 117 Å². The van der Waals surface area contributed by atoms with E-state index in [2.05, 4.69) is 56.0 Å². The molecular weight excluding hydrogens is 716 g/mol. The van der Waals surface area contributed by atoms with Crippen LogP contribution in [0.2, 0.25) is 0 Å². The summed E-state index contributed by atoms with van der Waals surface area (Å²) in [5.74, 6) is 0.0816. The number of carboxylic acid groups (broad SMARTS) is 2. The fourth-order valence-corrected chi connectivity index (χ4v) is 4.84. The van der Waals surface area contributed by atoms with Gasteiger partial charge in [-0.25, -0.2) is 16.6 Å². The number of benzene rings is 2. The van der Waals surface area contributed by atoms with Crippen molar-refractivity contribution in [3.05, 3.63) is 82.2 Å². The van der Waals surface area contributed by atoms with Crippen LogP contribution >= 0.6 is 0 Å². The summed E-state index contributed by atoms with van der Waals surface area (Å²) in [6.07, 6.45) is 8.42. The average molecular weight is 773 g/mol. The van der Waals surface area contributed by atoms with Crippen molar-refractivity contribution in [3.8, 4) is 6.07 Å². The zero-order valence-corrected chi connectivity index (χ0v) is 34.6. The van der Waals surface area contributed by atoms with Crippen LogP contribution in [0.3, 0.4) is 0 Å². The van der Waals surface area contributed by atoms with E-state index >= 15 is 0 Å². The first-order valence-electron chi connectivity index (χ1n) is 17.4. The summed E-state index contributed by atoms with van der Waals surface area (Å²) < 4.78 is 11.6. The fraction of sp³-hybridized carbons (Fsp3) is 0.538. The minimum Gasteiger partial charge on any atom is -0.481 e. The zero-order valence-electron chi connectivity index (χ0n) is 31.6. The predicted molar refractivity (Wildman–Crippen MR) is 201 cm³/mol. The molecule has 3 atom stereocenters. The van der Waals surface area contributed by atoms with Crippen LogP contribution in [-0.2, 0) is 64.3 Å². The third-order valence-corrected chi connectivity index (χ3v) is 7.11. The van der Waals surface area contributed by atoms with Crippen LogP contribution in [-0.4, -0.2) is 77.0 Å². The fourth-order valence-electron chi connectivity index (χ4n) is 4.84. The van der Waals surface area contributed by atoms with E-state index in [4.69, 9.17) is 61.9 Å². The molecule has 0 bridgehead atoms. The van der Waals surface area contributed by atoms with Crippen LogP contribution in [0, 0.1) is 17.9 Å². The van der Waals surface area contributed by atoms with Gasteiger partial charge in [-0.15, -0.1) is 0 Å². The molecule has 0 saturated carbocycles. The molecule has 2 aliphatic heterocycles. The molecule has 2 aromatic carbocycles. The third kappa shape index (κ3) is 24.9. The van der Waals surface area contributed by atoms with Gasteiger partial charge >= 0.3 is 0 Å². The first kappa shape index (κ1) is 50.0.